The van der Waals surface area contributed by atoms with Crippen LogP contribution in [0.25, 0.3) is 10.9 Å². The van der Waals surface area contributed by atoms with E-state index < -0.39 is 0 Å². The monoisotopic (exact) mass is 387 g/mol. The van der Waals surface area contributed by atoms with Gasteiger partial charge in [-0.3, -0.25) is 9.59 Å². The van der Waals surface area contributed by atoms with Crippen LogP contribution in [0.3, 0.4) is 0 Å². The molecule has 0 saturated heterocycles. The minimum absolute atomic E-state index is 0.126. The number of rotatable bonds is 5. The molecule has 3 rings (SSSR count). The quantitative estimate of drug-likeness (QED) is 0.683. The molecule has 0 aliphatic carbocycles. The number of nitrogens with one attached hydrogen (secondary N) is 2. The van der Waals surface area contributed by atoms with Crippen molar-refractivity contribution in [2.24, 2.45) is 0 Å². The zero-order valence-electron chi connectivity index (χ0n) is 14.4. The zero-order valence-corrected chi connectivity index (χ0v) is 15.9. The third kappa shape index (κ3) is 4.08. The molecule has 0 unspecified atom stereocenters. The Morgan fingerprint density at radius 3 is 2.85 bits per heavy atom. The van der Waals surface area contributed by atoms with Crippen molar-refractivity contribution in [1.29, 1.82) is 0 Å². The van der Waals surface area contributed by atoms with E-state index in [2.05, 4.69) is 15.3 Å². The van der Waals surface area contributed by atoms with Gasteiger partial charge in [0, 0.05) is 10.7 Å². The lowest BCUT2D eigenvalue weighted by molar-refractivity contribution is -0.113. The second-order valence-corrected chi connectivity index (χ2v) is 7.62. The van der Waals surface area contributed by atoms with Gasteiger partial charge in [-0.15, -0.1) is 11.8 Å². The van der Waals surface area contributed by atoms with Gasteiger partial charge in [-0.05, 0) is 43.7 Å². The van der Waals surface area contributed by atoms with Crippen molar-refractivity contribution in [3.05, 3.63) is 69.2 Å². The van der Waals surface area contributed by atoms with E-state index in [9.17, 15) is 9.59 Å². The summed E-state index contributed by atoms with van der Waals surface area (Å²) in [4.78, 5) is 31.7. The molecule has 0 spiro atoms. The molecule has 0 radical (unpaired) electrons. The van der Waals surface area contributed by atoms with Crippen LogP contribution in [0.4, 0.5) is 5.69 Å². The summed E-state index contributed by atoms with van der Waals surface area (Å²) < 4.78 is 0. The molecule has 26 heavy (non-hydrogen) atoms. The SMILES string of the molecule is Cc1c(Cl)cccc1NC(=O)CS[C@H](C)c1nc2ccccc2c(=O)[nH]1. The number of para-hydroxylation sites is 1. The molecule has 0 bridgehead atoms. The fourth-order valence-corrected chi connectivity index (χ4v) is 3.42. The summed E-state index contributed by atoms with van der Waals surface area (Å²) in [7, 11) is 0. The van der Waals surface area contributed by atoms with Crippen molar-refractivity contribution in [3.8, 4) is 0 Å². The average Bonchev–Trinajstić information content (AvgIpc) is 2.63. The van der Waals surface area contributed by atoms with E-state index >= 15 is 0 Å². The molecule has 134 valence electrons. The standard InChI is InChI=1S/C19H18ClN3O2S/c1-11-14(20)7-5-9-15(11)21-17(24)10-26-12(2)18-22-16-8-4-3-6-13(16)19(25)23-18/h3-9,12H,10H2,1-2H3,(H,21,24)(H,22,23,25)/t12-/m1/s1. The van der Waals surface area contributed by atoms with Crippen LogP contribution in [0.5, 0.6) is 0 Å². The van der Waals surface area contributed by atoms with E-state index in [1.54, 1.807) is 30.3 Å². The molecule has 1 aromatic heterocycles. The Balaban J connectivity index is 1.67. The van der Waals surface area contributed by atoms with Gasteiger partial charge in [0.2, 0.25) is 5.91 Å². The van der Waals surface area contributed by atoms with Gasteiger partial charge >= 0.3 is 0 Å². The highest BCUT2D eigenvalue weighted by molar-refractivity contribution is 8.00. The Hall–Kier alpha value is -2.31. The average molecular weight is 388 g/mol. The predicted octanol–water partition coefficient (Wildman–Crippen LogP) is 4.32. The van der Waals surface area contributed by atoms with Crippen molar-refractivity contribution in [2.75, 3.05) is 11.1 Å². The highest BCUT2D eigenvalue weighted by Crippen LogP contribution is 2.27. The van der Waals surface area contributed by atoms with Gasteiger partial charge in [0.1, 0.15) is 5.82 Å². The Kier molecular flexibility index (Phi) is 5.64. The maximum atomic E-state index is 12.2. The van der Waals surface area contributed by atoms with Crippen LogP contribution >= 0.6 is 23.4 Å². The Morgan fingerprint density at radius 2 is 2.04 bits per heavy atom. The number of H-pyrrole nitrogens is 1. The number of thioether (sulfide) groups is 1. The number of nitrogens with zero attached hydrogens (tertiary/aromatic N) is 1. The number of anilines is 1. The Morgan fingerprint density at radius 1 is 1.27 bits per heavy atom. The third-order valence-electron chi connectivity index (χ3n) is 4.02. The molecule has 0 aliphatic heterocycles. The number of carbonyl (C=O) groups is 1. The molecule has 3 aromatic rings. The number of amides is 1. The van der Waals surface area contributed by atoms with Crippen LogP contribution in [-0.2, 0) is 4.79 Å². The van der Waals surface area contributed by atoms with E-state index in [4.69, 9.17) is 11.6 Å². The maximum Gasteiger partial charge on any atom is 0.258 e. The highest BCUT2D eigenvalue weighted by atomic mass is 35.5. The first kappa shape index (κ1) is 18.5. The molecule has 0 fully saturated rings. The second-order valence-electron chi connectivity index (χ2n) is 5.88. The predicted molar refractivity (Wildman–Crippen MR) is 108 cm³/mol. The Labute approximate surface area is 160 Å². The molecule has 0 saturated carbocycles. The number of halogens is 1. The number of hydrogen-bond acceptors (Lipinski definition) is 4. The lowest BCUT2D eigenvalue weighted by atomic mass is 10.2. The van der Waals surface area contributed by atoms with Crippen LogP contribution in [0, 0.1) is 6.92 Å². The van der Waals surface area contributed by atoms with E-state index in [1.165, 1.54) is 11.8 Å². The van der Waals surface area contributed by atoms with Crippen LogP contribution < -0.4 is 10.9 Å². The van der Waals surface area contributed by atoms with Gasteiger partial charge in [-0.2, -0.15) is 0 Å². The van der Waals surface area contributed by atoms with E-state index in [0.717, 1.165) is 5.56 Å². The summed E-state index contributed by atoms with van der Waals surface area (Å²) in [5.41, 5.74) is 2.02. The van der Waals surface area contributed by atoms with Gasteiger partial charge in [-0.25, -0.2) is 4.98 Å². The van der Waals surface area contributed by atoms with Gasteiger partial charge in [0.15, 0.2) is 0 Å². The van der Waals surface area contributed by atoms with Crippen molar-refractivity contribution in [3.63, 3.8) is 0 Å². The van der Waals surface area contributed by atoms with Crippen LogP contribution in [0.15, 0.2) is 47.3 Å². The number of carbonyl (C=O) groups excluding carboxylic acids is 1. The normalized spacial score (nSPS) is 12.1. The van der Waals surface area contributed by atoms with Crippen molar-refractivity contribution in [1.82, 2.24) is 9.97 Å². The number of fused-ring (bicyclic) bond motifs is 1. The summed E-state index contributed by atoms with van der Waals surface area (Å²) in [6, 6.07) is 12.6. The van der Waals surface area contributed by atoms with Gasteiger partial charge in [0.05, 0.1) is 21.9 Å². The van der Waals surface area contributed by atoms with Gasteiger partial charge < -0.3 is 10.3 Å². The van der Waals surface area contributed by atoms with E-state index in [1.807, 2.05) is 26.0 Å². The summed E-state index contributed by atoms with van der Waals surface area (Å²) in [5, 5.41) is 3.91. The summed E-state index contributed by atoms with van der Waals surface area (Å²) in [5.74, 6) is 0.671. The number of hydrogen-bond donors (Lipinski definition) is 2. The second kappa shape index (κ2) is 7.93. The van der Waals surface area contributed by atoms with Crippen molar-refractivity contribution >= 4 is 45.9 Å². The first-order valence-corrected chi connectivity index (χ1v) is 9.54. The number of aromatic nitrogens is 2. The molecule has 1 atom stereocenters. The van der Waals surface area contributed by atoms with Crippen LogP contribution in [-0.4, -0.2) is 21.6 Å². The summed E-state index contributed by atoms with van der Waals surface area (Å²) >= 11 is 7.48. The van der Waals surface area contributed by atoms with Gasteiger partial charge in [-0.1, -0.05) is 29.8 Å². The molecule has 7 heteroatoms. The van der Waals surface area contributed by atoms with Gasteiger partial charge in [0.25, 0.3) is 5.56 Å². The minimum Gasteiger partial charge on any atom is -0.325 e. The molecule has 2 N–H and O–H groups in total. The fourth-order valence-electron chi connectivity index (χ4n) is 2.51. The molecule has 1 heterocycles. The smallest absolute Gasteiger partial charge is 0.258 e. The van der Waals surface area contributed by atoms with Crippen molar-refractivity contribution in [2.45, 2.75) is 19.1 Å². The van der Waals surface area contributed by atoms with Crippen LogP contribution in [0.2, 0.25) is 5.02 Å². The van der Waals surface area contributed by atoms with Crippen LogP contribution in [0.1, 0.15) is 23.6 Å². The largest absolute Gasteiger partial charge is 0.325 e. The maximum absolute atomic E-state index is 12.2. The molecular weight excluding hydrogens is 370 g/mol. The minimum atomic E-state index is -0.169. The van der Waals surface area contributed by atoms with Crippen molar-refractivity contribution < 1.29 is 4.79 Å². The highest BCUT2D eigenvalue weighted by Gasteiger charge is 2.14. The Bertz CT molecular complexity index is 1020. The molecule has 5 nitrogen and oxygen atoms in total. The molecular formula is C19H18ClN3O2S. The molecule has 1 amide bonds. The topological polar surface area (TPSA) is 74.8 Å². The molecule has 2 aromatic carbocycles. The first-order chi connectivity index (χ1) is 12.5. The lowest BCUT2D eigenvalue weighted by Crippen LogP contribution is -2.17. The van der Waals surface area contributed by atoms with E-state index in [-0.39, 0.29) is 22.5 Å². The fraction of sp³-hybridized carbons (Fsp3) is 0.211. The lowest BCUT2D eigenvalue weighted by Gasteiger charge is -2.12. The first-order valence-electron chi connectivity index (χ1n) is 8.11. The summed E-state index contributed by atoms with van der Waals surface area (Å²) in [6.45, 7) is 3.77. The van der Waals surface area contributed by atoms with E-state index in [0.29, 0.717) is 27.4 Å². The third-order valence-corrected chi connectivity index (χ3v) is 5.58. The summed E-state index contributed by atoms with van der Waals surface area (Å²) in [6.07, 6.45) is 0. The molecule has 0 aliphatic rings. The number of benzene rings is 2. The zero-order chi connectivity index (χ0) is 18.7. The number of aromatic amines is 1.